The molecule has 28 heavy (non-hydrogen) atoms. The topological polar surface area (TPSA) is 126 Å². The molecular weight excluding hydrogens is 374 g/mol. The van der Waals surface area contributed by atoms with Crippen molar-refractivity contribution in [1.82, 2.24) is 5.32 Å². The average Bonchev–Trinajstić information content (AvgIpc) is 2.57. The Bertz CT molecular complexity index is 579. The van der Waals surface area contributed by atoms with E-state index in [1.807, 2.05) is 13.8 Å². The van der Waals surface area contributed by atoms with Crippen LogP contribution in [-0.4, -0.2) is 67.2 Å². The van der Waals surface area contributed by atoms with Crippen LogP contribution in [-0.2, 0) is 42.9 Å². The van der Waals surface area contributed by atoms with Crippen LogP contribution in [0.4, 0.5) is 0 Å². The highest BCUT2D eigenvalue weighted by Crippen LogP contribution is 2.28. The standard InChI is InChI=1S/C18H29NO9/c1-7-9(2)25-18-15(19-10(3)20)17(27-13(6)23)16(26-12(5)22)14(28-18)8-24-11(4)21/h9,14-18H,7-8H2,1-6H3,(H,19,20)/t9?,14-,15-,16-,17-,18-/m1/s1. The number of rotatable bonds is 8. The molecule has 1 heterocycles. The Morgan fingerprint density at radius 2 is 1.54 bits per heavy atom. The Labute approximate surface area is 164 Å². The van der Waals surface area contributed by atoms with Crippen LogP contribution in [0.25, 0.3) is 0 Å². The third kappa shape index (κ3) is 7.43. The van der Waals surface area contributed by atoms with E-state index in [9.17, 15) is 19.2 Å². The number of ether oxygens (including phenoxy) is 5. The lowest BCUT2D eigenvalue weighted by molar-refractivity contribution is -0.286. The van der Waals surface area contributed by atoms with Crippen molar-refractivity contribution in [3.63, 3.8) is 0 Å². The summed E-state index contributed by atoms with van der Waals surface area (Å²) in [6, 6.07) is -0.937. The molecule has 0 aromatic heterocycles. The van der Waals surface area contributed by atoms with Crippen molar-refractivity contribution in [2.75, 3.05) is 6.61 Å². The first kappa shape index (κ1) is 23.8. The molecule has 0 saturated carbocycles. The molecular formula is C18H29NO9. The first-order valence-electron chi connectivity index (χ1n) is 9.10. The fraction of sp³-hybridized carbons (Fsp3) is 0.778. The van der Waals surface area contributed by atoms with Gasteiger partial charge in [-0.05, 0) is 13.3 Å². The summed E-state index contributed by atoms with van der Waals surface area (Å²) in [5.74, 6) is -2.27. The lowest BCUT2D eigenvalue weighted by Crippen LogP contribution is -2.66. The van der Waals surface area contributed by atoms with Crippen molar-refractivity contribution in [2.45, 2.75) is 84.7 Å². The van der Waals surface area contributed by atoms with Gasteiger partial charge in [-0.2, -0.15) is 0 Å². The maximum Gasteiger partial charge on any atom is 0.303 e. The molecule has 0 aliphatic carbocycles. The molecule has 0 aromatic rings. The summed E-state index contributed by atoms with van der Waals surface area (Å²) in [5.41, 5.74) is 0. The summed E-state index contributed by atoms with van der Waals surface area (Å²) in [4.78, 5) is 46.3. The molecule has 10 heteroatoms. The summed E-state index contributed by atoms with van der Waals surface area (Å²) in [5, 5.41) is 2.64. The van der Waals surface area contributed by atoms with Crippen LogP contribution < -0.4 is 5.32 Å². The van der Waals surface area contributed by atoms with Crippen molar-refractivity contribution in [3.8, 4) is 0 Å². The molecule has 0 radical (unpaired) electrons. The van der Waals surface area contributed by atoms with Crippen molar-refractivity contribution in [2.24, 2.45) is 0 Å². The minimum Gasteiger partial charge on any atom is -0.463 e. The number of hydrogen-bond acceptors (Lipinski definition) is 9. The molecule has 1 saturated heterocycles. The van der Waals surface area contributed by atoms with Crippen LogP contribution in [0.5, 0.6) is 0 Å². The zero-order valence-corrected chi connectivity index (χ0v) is 17.1. The van der Waals surface area contributed by atoms with Gasteiger partial charge >= 0.3 is 17.9 Å². The Balaban J connectivity index is 3.28. The second-order valence-electron chi connectivity index (χ2n) is 6.57. The summed E-state index contributed by atoms with van der Waals surface area (Å²) >= 11 is 0. The quantitative estimate of drug-likeness (QED) is 0.454. The Morgan fingerprint density at radius 3 is 2.00 bits per heavy atom. The highest BCUT2D eigenvalue weighted by Gasteiger charge is 2.51. The fourth-order valence-corrected chi connectivity index (χ4v) is 2.73. The summed E-state index contributed by atoms with van der Waals surface area (Å²) in [6.45, 7) is 8.35. The van der Waals surface area contributed by atoms with Gasteiger partial charge < -0.3 is 29.0 Å². The molecule has 160 valence electrons. The molecule has 1 aliphatic heterocycles. The number of hydrogen-bond donors (Lipinski definition) is 1. The normalized spacial score (nSPS) is 28.0. The molecule has 0 spiro atoms. The molecule has 0 bridgehead atoms. The highest BCUT2D eigenvalue weighted by atomic mass is 16.7. The number of carbonyl (C=O) groups excluding carboxylic acids is 4. The van der Waals surface area contributed by atoms with E-state index in [4.69, 9.17) is 23.7 Å². The van der Waals surface area contributed by atoms with Gasteiger partial charge in [0.1, 0.15) is 18.8 Å². The van der Waals surface area contributed by atoms with Gasteiger partial charge in [-0.15, -0.1) is 0 Å². The smallest absolute Gasteiger partial charge is 0.303 e. The van der Waals surface area contributed by atoms with Crippen LogP contribution in [0, 0.1) is 0 Å². The molecule has 1 rings (SSSR count). The maximum atomic E-state index is 11.7. The minimum atomic E-state index is -1.12. The van der Waals surface area contributed by atoms with Gasteiger partial charge in [0.05, 0.1) is 6.10 Å². The molecule has 1 unspecified atom stereocenters. The van der Waals surface area contributed by atoms with Gasteiger partial charge in [-0.1, -0.05) is 6.92 Å². The predicted molar refractivity (Wildman–Crippen MR) is 94.8 cm³/mol. The number of carbonyl (C=O) groups is 4. The van der Waals surface area contributed by atoms with Crippen molar-refractivity contribution < 1.29 is 42.9 Å². The van der Waals surface area contributed by atoms with E-state index in [0.717, 1.165) is 0 Å². The summed E-state index contributed by atoms with van der Waals surface area (Å²) in [6.07, 6.45) is -3.78. The first-order chi connectivity index (χ1) is 13.0. The zero-order valence-electron chi connectivity index (χ0n) is 17.1. The fourth-order valence-electron chi connectivity index (χ4n) is 2.73. The Kier molecular flexibility index (Phi) is 9.33. The lowest BCUT2D eigenvalue weighted by Gasteiger charge is -2.45. The van der Waals surface area contributed by atoms with Crippen molar-refractivity contribution in [1.29, 1.82) is 0 Å². The molecule has 1 amide bonds. The number of amides is 1. The van der Waals surface area contributed by atoms with Crippen molar-refractivity contribution in [3.05, 3.63) is 0 Å². The molecule has 0 aromatic carbocycles. The maximum absolute atomic E-state index is 11.7. The molecule has 1 aliphatic rings. The van der Waals surface area contributed by atoms with Gasteiger partial charge in [0.15, 0.2) is 18.5 Å². The van der Waals surface area contributed by atoms with Crippen LogP contribution >= 0.6 is 0 Å². The molecule has 1 N–H and O–H groups in total. The van der Waals surface area contributed by atoms with Gasteiger partial charge in [0.2, 0.25) is 5.91 Å². The number of esters is 3. The molecule has 6 atom stereocenters. The second kappa shape index (κ2) is 11.0. The Hall–Kier alpha value is -2.20. The zero-order chi connectivity index (χ0) is 21.4. The van der Waals surface area contributed by atoms with E-state index < -0.39 is 54.5 Å². The summed E-state index contributed by atoms with van der Waals surface area (Å²) in [7, 11) is 0. The van der Waals surface area contributed by atoms with Crippen LogP contribution in [0.15, 0.2) is 0 Å². The van der Waals surface area contributed by atoms with Crippen LogP contribution in [0.2, 0.25) is 0 Å². The Morgan fingerprint density at radius 1 is 0.964 bits per heavy atom. The van der Waals surface area contributed by atoms with Crippen LogP contribution in [0.1, 0.15) is 48.0 Å². The first-order valence-corrected chi connectivity index (χ1v) is 9.10. The summed E-state index contributed by atoms with van der Waals surface area (Å²) < 4.78 is 27.4. The lowest BCUT2D eigenvalue weighted by atomic mass is 9.96. The van der Waals surface area contributed by atoms with Gasteiger partial charge in [0, 0.05) is 27.7 Å². The molecule has 10 nitrogen and oxygen atoms in total. The SMILES string of the molecule is CCC(C)O[C@@H]1O[C@H](COC(C)=O)[C@@H](OC(C)=O)[C@H](OC(C)=O)[C@H]1NC(C)=O. The van der Waals surface area contributed by atoms with E-state index >= 15 is 0 Å². The largest absolute Gasteiger partial charge is 0.463 e. The van der Waals surface area contributed by atoms with Crippen molar-refractivity contribution >= 4 is 23.8 Å². The minimum absolute atomic E-state index is 0.237. The van der Waals surface area contributed by atoms with E-state index in [-0.39, 0.29) is 12.7 Å². The van der Waals surface area contributed by atoms with Gasteiger partial charge in [-0.3, -0.25) is 19.2 Å². The highest BCUT2D eigenvalue weighted by molar-refractivity contribution is 5.73. The van der Waals surface area contributed by atoms with E-state index in [0.29, 0.717) is 6.42 Å². The second-order valence-corrected chi connectivity index (χ2v) is 6.57. The number of nitrogens with one attached hydrogen (secondary N) is 1. The van der Waals surface area contributed by atoms with Gasteiger partial charge in [-0.25, -0.2) is 0 Å². The van der Waals surface area contributed by atoms with E-state index in [2.05, 4.69) is 5.32 Å². The monoisotopic (exact) mass is 403 g/mol. The molecule has 1 fully saturated rings. The predicted octanol–water partition coefficient (Wildman–Crippen LogP) is 0.458. The average molecular weight is 403 g/mol. The third-order valence-electron chi connectivity index (χ3n) is 4.01. The van der Waals surface area contributed by atoms with E-state index in [1.54, 1.807) is 0 Å². The van der Waals surface area contributed by atoms with Gasteiger partial charge in [0.25, 0.3) is 0 Å². The third-order valence-corrected chi connectivity index (χ3v) is 4.01. The van der Waals surface area contributed by atoms with Crippen LogP contribution in [0.3, 0.4) is 0 Å². The van der Waals surface area contributed by atoms with E-state index in [1.165, 1.54) is 27.7 Å².